The molecule has 0 aromatic rings. The Labute approximate surface area is 119 Å². The SMILES string of the molecule is NCC1CCC(C(=O)NCC2(C(=O)O)CCCCC2)O1. The molecule has 114 valence electrons. The smallest absolute Gasteiger partial charge is 0.311 e. The van der Waals surface area contributed by atoms with E-state index >= 15 is 0 Å². The van der Waals surface area contributed by atoms with Gasteiger partial charge in [0.2, 0.25) is 5.91 Å². The monoisotopic (exact) mass is 284 g/mol. The first-order chi connectivity index (χ1) is 9.57. The lowest BCUT2D eigenvalue weighted by Gasteiger charge is -2.33. The third-order valence-electron chi connectivity index (χ3n) is 4.53. The maximum absolute atomic E-state index is 12.0. The molecule has 0 spiro atoms. The zero-order valence-corrected chi connectivity index (χ0v) is 11.8. The number of amides is 1. The van der Waals surface area contributed by atoms with E-state index < -0.39 is 17.5 Å². The van der Waals surface area contributed by atoms with Gasteiger partial charge in [-0.15, -0.1) is 0 Å². The first-order valence-electron chi connectivity index (χ1n) is 7.44. The highest BCUT2D eigenvalue weighted by Gasteiger charge is 2.40. The summed E-state index contributed by atoms with van der Waals surface area (Å²) in [5.41, 5.74) is 4.72. The van der Waals surface area contributed by atoms with Crippen LogP contribution in [-0.4, -0.2) is 42.3 Å². The fraction of sp³-hybridized carbons (Fsp3) is 0.857. The zero-order valence-electron chi connectivity index (χ0n) is 11.8. The van der Waals surface area contributed by atoms with E-state index in [4.69, 9.17) is 10.5 Å². The van der Waals surface area contributed by atoms with Gasteiger partial charge in [-0.3, -0.25) is 9.59 Å². The molecule has 0 aromatic carbocycles. The molecule has 1 saturated carbocycles. The third kappa shape index (κ3) is 3.30. The topological polar surface area (TPSA) is 102 Å². The first-order valence-corrected chi connectivity index (χ1v) is 7.44. The van der Waals surface area contributed by atoms with Crippen LogP contribution in [0, 0.1) is 5.41 Å². The van der Waals surface area contributed by atoms with Crippen LogP contribution in [0.4, 0.5) is 0 Å². The molecule has 2 rings (SSSR count). The summed E-state index contributed by atoms with van der Waals surface area (Å²) in [6.07, 6.45) is 5.11. The second-order valence-electron chi connectivity index (χ2n) is 5.92. The summed E-state index contributed by atoms with van der Waals surface area (Å²) in [7, 11) is 0. The summed E-state index contributed by atoms with van der Waals surface area (Å²) in [6.45, 7) is 0.622. The minimum atomic E-state index is -0.801. The van der Waals surface area contributed by atoms with Crippen molar-refractivity contribution in [2.24, 2.45) is 11.1 Å². The number of hydrogen-bond donors (Lipinski definition) is 3. The molecule has 1 aliphatic carbocycles. The molecule has 6 heteroatoms. The quantitative estimate of drug-likeness (QED) is 0.688. The van der Waals surface area contributed by atoms with Gasteiger partial charge in [-0.05, 0) is 25.7 Å². The van der Waals surface area contributed by atoms with Crippen LogP contribution < -0.4 is 11.1 Å². The molecule has 1 aliphatic heterocycles. The summed E-state index contributed by atoms with van der Waals surface area (Å²) >= 11 is 0. The fourth-order valence-corrected chi connectivity index (χ4v) is 3.14. The number of carboxylic acid groups (broad SMARTS) is 1. The van der Waals surface area contributed by atoms with Crippen molar-refractivity contribution in [1.82, 2.24) is 5.32 Å². The lowest BCUT2D eigenvalue weighted by Crippen LogP contribution is -2.47. The van der Waals surface area contributed by atoms with E-state index in [1.165, 1.54) is 0 Å². The van der Waals surface area contributed by atoms with Crippen LogP contribution in [0.25, 0.3) is 0 Å². The van der Waals surface area contributed by atoms with Crippen LogP contribution in [0.15, 0.2) is 0 Å². The van der Waals surface area contributed by atoms with Gasteiger partial charge in [0.1, 0.15) is 6.10 Å². The van der Waals surface area contributed by atoms with E-state index in [2.05, 4.69) is 5.32 Å². The normalized spacial score (nSPS) is 29.1. The minimum Gasteiger partial charge on any atom is -0.481 e. The predicted octanol–water partition coefficient (Wildman–Crippen LogP) is 0.644. The number of hydrogen-bond acceptors (Lipinski definition) is 4. The Balaban J connectivity index is 1.86. The van der Waals surface area contributed by atoms with Crippen molar-refractivity contribution in [3.05, 3.63) is 0 Å². The van der Waals surface area contributed by atoms with E-state index in [0.717, 1.165) is 25.7 Å². The fourth-order valence-electron chi connectivity index (χ4n) is 3.14. The summed E-state index contributed by atoms with van der Waals surface area (Å²) < 4.78 is 5.52. The number of nitrogens with one attached hydrogen (secondary N) is 1. The zero-order chi connectivity index (χ0) is 14.6. The van der Waals surface area contributed by atoms with E-state index in [0.29, 0.717) is 25.8 Å². The summed E-state index contributed by atoms with van der Waals surface area (Å²) in [6, 6.07) is 0. The van der Waals surface area contributed by atoms with Crippen molar-refractivity contribution in [1.29, 1.82) is 0 Å². The number of rotatable bonds is 5. The summed E-state index contributed by atoms with van der Waals surface area (Å²) in [4.78, 5) is 23.6. The Kier molecular flexibility index (Phi) is 4.99. The van der Waals surface area contributed by atoms with Gasteiger partial charge in [-0.2, -0.15) is 0 Å². The molecule has 0 aromatic heterocycles. The van der Waals surface area contributed by atoms with Crippen molar-refractivity contribution < 1.29 is 19.4 Å². The summed E-state index contributed by atoms with van der Waals surface area (Å²) in [5, 5.41) is 12.2. The largest absolute Gasteiger partial charge is 0.481 e. The maximum atomic E-state index is 12.0. The molecule has 20 heavy (non-hydrogen) atoms. The number of aliphatic carboxylic acids is 1. The first kappa shape index (κ1) is 15.3. The molecular formula is C14H24N2O4. The molecule has 6 nitrogen and oxygen atoms in total. The van der Waals surface area contributed by atoms with Gasteiger partial charge in [-0.25, -0.2) is 0 Å². The molecule has 2 atom stereocenters. The van der Waals surface area contributed by atoms with E-state index in [9.17, 15) is 14.7 Å². The maximum Gasteiger partial charge on any atom is 0.311 e. The average molecular weight is 284 g/mol. The molecule has 2 fully saturated rings. The van der Waals surface area contributed by atoms with Crippen molar-refractivity contribution in [2.45, 2.75) is 57.2 Å². The van der Waals surface area contributed by atoms with Gasteiger partial charge in [0.05, 0.1) is 11.5 Å². The van der Waals surface area contributed by atoms with Crippen LogP contribution >= 0.6 is 0 Å². The molecule has 1 heterocycles. The van der Waals surface area contributed by atoms with E-state index in [1.807, 2.05) is 0 Å². The molecule has 1 amide bonds. The van der Waals surface area contributed by atoms with E-state index in [1.54, 1.807) is 0 Å². The lowest BCUT2D eigenvalue weighted by atomic mass is 9.74. The highest BCUT2D eigenvalue weighted by atomic mass is 16.5. The predicted molar refractivity (Wildman–Crippen MR) is 73.1 cm³/mol. The number of carbonyl (C=O) groups is 2. The van der Waals surface area contributed by atoms with Crippen LogP contribution in [0.1, 0.15) is 44.9 Å². The van der Waals surface area contributed by atoms with Gasteiger partial charge < -0.3 is 20.9 Å². The molecule has 0 radical (unpaired) electrons. The number of carbonyl (C=O) groups excluding carboxylic acids is 1. The third-order valence-corrected chi connectivity index (χ3v) is 4.53. The Morgan fingerprint density at radius 2 is 1.95 bits per heavy atom. The number of nitrogens with two attached hydrogens (primary N) is 1. The van der Waals surface area contributed by atoms with Gasteiger partial charge in [0.25, 0.3) is 0 Å². The molecule has 2 aliphatic rings. The molecule has 2 unspecified atom stereocenters. The van der Waals surface area contributed by atoms with Crippen LogP contribution in [0.2, 0.25) is 0 Å². The highest BCUT2D eigenvalue weighted by molar-refractivity contribution is 5.82. The van der Waals surface area contributed by atoms with Gasteiger partial charge in [0.15, 0.2) is 0 Å². The number of ether oxygens (including phenoxy) is 1. The molecule has 4 N–H and O–H groups in total. The van der Waals surface area contributed by atoms with Gasteiger partial charge in [0, 0.05) is 13.1 Å². The second-order valence-corrected chi connectivity index (χ2v) is 5.92. The van der Waals surface area contributed by atoms with Crippen LogP contribution in [0.5, 0.6) is 0 Å². The Morgan fingerprint density at radius 1 is 1.25 bits per heavy atom. The Hall–Kier alpha value is -1.14. The second kappa shape index (κ2) is 6.54. The van der Waals surface area contributed by atoms with Crippen LogP contribution in [-0.2, 0) is 14.3 Å². The van der Waals surface area contributed by atoms with Crippen molar-refractivity contribution in [3.8, 4) is 0 Å². The van der Waals surface area contributed by atoms with E-state index in [-0.39, 0.29) is 18.6 Å². The lowest BCUT2D eigenvalue weighted by molar-refractivity contribution is -0.151. The van der Waals surface area contributed by atoms with Crippen molar-refractivity contribution in [2.75, 3.05) is 13.1 Å². The Morgan fingerprint density at radius 3 is 2.50 bits per heavy atom. The number of carboxylic acids is 1. The molecule has 1 saturated heterocycles. The Bertz CT molecular complexity index is 366. The molecule has 0 bridgehead atoms. The van der Waals surface area contributed by atoms with Crippen molar-refractivity contribution in [3.63, 3.8) is 0 Å². The minimum absolute atomic E-state index is 0.0473. The standard InChI is InChI=1S/C14H24N2O4/c15-8-10-4-5-11(20-10)12(17)16-9-14(13(18)19)6-2-1-3-7-14/h10-11H,1-9,15H2,(H,16,17)(H,18,19). The summed E-state index contributed by atoms with van der Waals surface area (Å²) in [5.74, 6) is -1.00. The van der Waals surface area contributed by atoms with Gasteiger partial charge in [-0.1, -0.05) is 19.3 Å². The van der Waals surface area contributed by atoms with Gasteiger partial charge >= 0.3 is 5.97 Å². The average Bonchev–Trinajstić information content (AvgIpc) is 2.94. The van der Waals surface area contributed by atoms with Crippen molar-refractivity contribution >= 4 is 11.9 Å². The highest BCUT2D eigenvalue weighted by Crippen LogP contribution is 2.36. The van der Waals surface area contributed by atoms with Crippen LogP contribution in [0.3, 0.4) is 0 Å². The molecular weight excluding hydrogens is 260 g/mol.